The molecular weight excluding hydrogens is 332 g/mol. The summed E-state index contributed by atoms with van der Waals surface area (Å²) < 4.78 is 1.74. The Labute approximate surface area is 152 Å². The number of nitrogens with zero attached hydrogens (tertiary/aromatic N) is 4. The number of likely N-dealkylation sites (tertiary alicyclic amines) is 1. The Balaban J connectivity index is 1.77. The summed E-state index contributed by atoms with van der Waals surface area (Å²) in [6.07, 6.45) is 5.00. The first-order valence-electron chi connectivity index (χ1n) is 9.00. The van der Waals surface area contributed by atoms with Gasteiger partial charge in [0.1, 0.15) is 0 Å². The Morgan fingerprint density at radius 2 is 2.19 bits per heavy atom. The SMILES string of the molecule is CCN1C(=O)CC[C@H](CNC(=O)c2n[nH]c(C)c2C)[C@H]1c1cnn(C)c1. The lowest BCUT2D eigenvalue weighted by atomic mass is 9.85. The van der Waals surface area contributed by atoms with Crippen molar-refractivity contribution in [1.82, 2.24) is 30.2 Å². The van der Waals surface area contributed by atoms with Crippen LogP contribution in [-0.4, -0.2) is 49.8 Å². The van der Waals surface area contributed by atoms with E-state index in [9.17, 15) is 9.59 Å². The topological polar surface area (TPSA) is 95.9 Å². The zero-order valence-electron chi connectivity index (χ0n) is 15.7. The second-order valence-corrected chi connectivity index (χ2v) is 6.90. The first kappa shape index (κ1) is 18.2. The lowest BCUT2D eigenvalue weighted by molar-refractivity contribution is -0.138. The first-order chi connectivity index (χ1) is 12.4. The fourth-order valence-electron chi connectivity index (χ4n) is 3.67. The van der Waals surface area contributed by atoms with Crippen molar-refractivity contribution in [2.24, 2.45) is 13.0 Å². The van der Waals surface area contributed by atoms with E-state index in [1.54, 1.807) is 4.68 Å². The molecule has 2 aromatic heterocycles. The van der Waals surface area contributed by atoms with Gasteiger partial charge in [-0.3, -0.25) is 19.4 Å². The number of carbonyl (C=O) groups is 2. The lowest BCUT2D eigenvalue weighted by Crippen LogP contribution is -2.46. The van der Waals surface area contributed by atoms with E-state index in [0.29, 0.717) is 25.2 Å². The number of hydrogen-bond donors (Lipinski definition) is 2. The summed E-state index contributed by atoms with van der Waals surface area (Å²) in [7, 11) is 1.86. The summed E-state index contributed by atoms with van der Waals surface area (Å²) in [4.78, 5) is 26.7. The molecule has 1 fully saturated rings. The highest BCUT2D eigenvalue weighted by Gasteiger charge is 2.36. The summed E-state index contributed by atoms with van der Waals surface area (Å²) in [5.41, 5.74) is 3.19. The number of piperidine rings is 1. The molecule has 140 valence electrons. The van der Waals surface area contributed by atoms with Gasteiger partial charge in [0.15, 0.2) is 5.69 Å². The number of aromatic amines is 1. The molecule has 3 rings (SSSR count). The third-order valence-electron chi connectivity index (χ3n) is 5.23. The van der Waals surface area contributed by atoms with Crippen LogP contribution in [0.2, 0.25) is 0 Å². The van der Waals surface area contributed by atoms with Crippen LogP contribution in [0.4, 0.5) is 0 Å². The number of hydrogen-bond acceptors (Lipinski definition) is 4. The predicted molar refractivity (Wildman–Crippen MR) is 96.5 cm³/mol. The van der Waals surface area contributed by atoms with Gasteiger partial charge in [0.2, 0.25) is 5.91 Å². The van der Waals surface area contributed by atoms with E-state index in [0.717, 1.165) is 23.2 Å². The zero-order valence-corrected chi connectivity index (χ0v) is 15.7. The quantitative estimate of drug-likeness (QED) is 0.846. The zero-order chi connectivity index (χ0) is 18.8. The van der Waals surface area contributed by atoms with Crippen LogP contribution in [0.25, 0.3) is 0 Å². The van der Waals surface area contributed by atoms with Crippen molar-refractivity contribution < 1.29 is 9.59 Å². The number of H-pyrrole nitrogens is 1. The highest BCUT2D eigenvalue weighted by Crippen LogP contribution is 2.36. The van der Waals surface area contributed by atoms with Crippen LogP contribution in [0.5, 0.6) is 0 Å². The van der Waals surface area contributed by atoms with Crippen LogP contribution in [0, 0.1) is 19.8 Å². The Hall–Kier alpha value is -2.64. The molecule has 2 N–H and O–H groups in total. The molecule has 1 aliphatic heterocycles. The number of carbonyl (C=O) groups excluding carboxylic acids is 2. The van der Waals surface area contributed by atoms with Gasteiger partial charge in [-0.2, -0.15) is 10.2 Å². The van der Waals surface area contributed by atoms with Crippen LogP contribution >= 0.6 is 0 Å². The molecule has 3 heterocycles. The van der Waals surface area contributed by atoms with E-state index >= 15 is 0 Å². The van der Waals surface area contributed by atoms with Gasteiger partial charge in [-0.15, -0.1) is 0 Å². The summed E-state index contributed by atoms with van der Waals surface area (Å²) in [5, 5.41) is 14.2. The molecule has 0 aromatic carbocycles. The monoisotopic (exact) mass is 358 g/mol. The Kier molecular flexibility index (Phi) is 5.11. The standard InChI is InChI=1S/C18H26N6O2/c1-5-24-15(25)7-6-13(17(24)14-9-20-23(4)10-14)8-19-18(26)16-11(2)12(3)21-22-16/h9-10,13,17H,5-8H2,1-4H3,(H,19,26)(H,21,22)/t13-,17+/m1/s1. The molecule has 26 heavy (non-hydrogen) atoms. The van der Waals surface area contributed by atoms with Crippen LogP contribution in [0.15, 0.2) is 12.4 Å². The molecule has 0 aliphatic carbocycles. The fraction of sp³-hybridized carbons (Fsp3) is 0.556. The molecule has 2 atom stereocenters. The molecule has 0 unspecified atom stereocenters. The van der Waals surface area contributed by atoms with Crippen molar-refractivity contribution in [2.75, 3.05) is 13.1 Å². The predicted octanol–water partition coefficient (Wildman–Crippen LogP) is 1.49. The number of aromatic nitrogens is 4. The smallest absolute Gasteiger partial charge is 0.272 e. The molecule has 2 aromatic rings. The number of rotatable bonds is 5. The van der Waals surface area contributed by atoms with Crippen LogP contribution in [0.1, 0.15) is 53.1 Å². The van der Waals surface area contributed by atoms with E-state index in [1.165, 1.54) is 0 Å². The van der Waals surface area contributed by atoms with Crippen molar-refractivity contribution in [2.45, 2.75) is 39.7 Å². The molecular formula is C18H26N6O2. The minimum Gasteiger partial charge on any atom is -0.350 e. The average molecular weight is 358 g/mol. The highest BCUT2D eigenvalue weighted by atomic mass is 16.2. The van der Waals surface area contributed by atoms with E-state index < -0.39 is 0 Å². The Morgan fingerprint density at radius 3 is 2.77 bits per heavy atom. The maximum absolute atomic E-state index is 12.5. The van der Waals surface area contributed by atoms with Gasteiger partial charge >= 0.3 is 0 Å². The summed E-state index contributed by atoms with van der Waals surface area (Å²) in [6, 6.07) is -0.0720. The third-order valence-corrected chi connectivity index (χ3v) is 5.23. The van der Waals surface area contributed by atoms with Gasteiger partial charge in [0.05, 0.1) is 12.2 Å². The van der Waals surface area contributed by atoms with Gasteiger partial charge in [-0.05, 0) is 27.2 Å². The maximum atomic E-state index is 12.5. The van der Waals surface area contributed by atoms with Crippen LogP contribution < -0.4 is 5.32 Å². The van der Waals surface area contributed by atoms with Gasteiger partial charge in [0.25, 0.3) is 5.91 Å². The van der Waals surface area contributed by atoms with Gasteiger partial charge in [-0.1, -0.05) is 0 Å². The molecule has 1 aliphatic rings. The van der Waals surface area contributed by atoms with Gasteiger partial charge < -0.3 is 10.2 Å². The molecule has 0 saturated carbocycles. The van der Waals surface area contributed by atoms with Crippen molar-refractivity contribution in [3.05, 3.63) is 34.9 Å². The average Bonchev–Trinajstić information content (AvgIpc) is 3.19. The molecule has 0 radical (unpaired) electrons. The van der Waals surface area contributed by atoms with Crippen molar-refractivity contribution in [1.29, 1.82) is 0 Å². The second kappa shape index (κ2) is 7.31. The largest absolute Gasteiger partial charge is 0.350 e. The van der Waals surface area contributed by atoms with Crippen molar-refractivity contribution in [3.63, 3.8) is 0 Å². The minimum absolute atomic E-state index is 0.0720. The molecule has 8 heteroatoms. The number of nitrogens with one attached hydrogen (secondary N) is 2. The van der Waals surface area contributed by atoms with E-state index in [-0.39, 0.29) is 23.8 Å². The number of amides is 2. The maximum Gasteiger partial charge on any atom is 0.272 e. The van der Waals surface area contributed by atoms with Gasteiger partial charge in [-0.25, -0.2) is 0 Å². The van der Waals surface area contributed by atoms with Crippen LogP contribution in [0.3, 0.4) is 0 Å². The third kappa shape index (κ3) is 3.36. The second-order valence-electron chi connectivity index (χ2n) is 6.90. The fourth-order valence-corrected chi connectivity index (χ4v) is 3.67. The summed E-state index contributed by atoms with van der Waals surface area (Å²) >= 11 is 0. The summed E-state index contributed by atoms with van der Waals surface area (Å²) in [6.45, 7) is 6.89. The molecule has 0 spiro atoms. The van der Waals surface area contributed by atoms with Gasteiger partial charge in [0, 0.05) is 55.5 Å². The Morgan fingerprint density at radius 1 is 1.42 bits per heavy atom. The number of aryl methyl sites for hydroxylation is 2. The normalized spacial score (nSPS) is 20.5. The van der Waals surface area contributed by atoms with E-state index in [2.05, 4.69) is 20.6 Å². The van der Waals surface area contributed by atoms with Crippen molar-refractivity contribution in [3.8, 4) is 0 Å². The molecule has 0 bridgehead atoms. The highest BCUT2D eigenvalue weighted by molar-refractivity contribution is 5.93. The molecule has 2 amide bonds. The van der Waals surface area contributed by atoms with E-state index in [1.807, 2.05) is 45.1 Å². The molecule has 8 nitrogen and oxygen atoms in total. The minimum atomic E-state index is -0.184. The van der Waals surface area contributed by atoms with E-state index in [4.69, 9.17) is 0 Å². The lowest BCUT2D eigenvalue weighted by Gasteiger charge is -2.40. The molecule has 1 saturated heterocycles. The first-order valence-corrected chi connectivity index (χ1v) is 9.00. The van der Waals surface area contributed by atoms with Crippen molar-refractivity contribution >= 4 is 11.8 Å². The van der Waals surface area contributed by atoms with Crippen LogP contribution in [-0.2, 0) is 11.8 Å². The summed E-state index contributed by atoms with van der Waals surface area (Å²) in [5.74, 6) is 0.112. The Bertz CT molecular complexity index is 808.